The molecule has 1 aromatic heterocycles. The highest BCUT2D eigenvalue weighted by Crippen LogP contribution is 2.19. The van der Waals surface area contributed by atoms with Crippen LogP contribution < -0.4 is 10.6 Å². The van der Waals surface area contributed by atoms with Gasteiger partial charge in [0.05, 0.1) is 25.0 Å². The van der Waals surface area contributed by atoms with Gasteiger partial charge in [-0.15, -0.1) is 0 Å². The number of carbonyl (C=O) groups is 1. The Balaban J connectivity index is 1.97. The lowest BCUT2D eigenvalue weighted by Gasteiger charge is -2.09. The zero-order valence-corrected chi connectivity index (χ0v) is 11.7. The molecule has 0 aliphatic heterocycles. The second kappa shape index (κ2) is 6.40. The highest BCUT2D eigenvalue weighted by Gasteiger charge is 2.06. The van der Waals surface area contributed by atoms with Crippen molar-refractivity contribution in [2.45, 2.75) is 13.5 Å². The Kier molecular flexibility index (Phi) is 4.60. The molecule has 0 fully saturated rings. The van der Waals surface area contributed by atoms with Crippen molar-refractivity contribution >= 4 is 29.0 Å². The summed E-state index contributed by atoms with van der Waals surface area (Å²) in [5, 5.41) is 18.8. The van der Waals surface area contributed by atoms with E-state index < -0.39 is 0 Å². The summed E-state index contributed by atoms with van der Waals surface area (Å²) in [5.41, 5.74) is 2.13. The van der Waals surface area contributed by atoms with Crippen LogP contribution in [0.2, 0.25) is 5.02 Å². The first-order chi connectivity index (χ1) is 9.58. The van der Waals surface area contributed by atoms with Crippen LogP contribution in [0.4, 0.5) is 16.2 Å². The molecule has 0 saturated heterocycles. The van der Waals surface area contributed by atoms with Gasteiger partial charge in [-0.2, -0.15) is 5.10 Å². The Labute approximate surface area is 121 Å². The molecule has 2 amide bonds. The minimum absolute atomic E-state index is 0.00269. The van der Waals surface area contributed by atoms with E-state index in [9.17, 15) is 4.79 Å². The number of halogens is 1. The van der Waals surface area contributed by atoms with Crippen molar-refractivity contribution in [2.75, 3.05) is 17.2 Å². The van der Waals surface area contributed by atoms with Crippen LogP contribution in [0.3, 0.4) is 0 Å². The molecule has 1 aromatic carbocycles. The number of hydrogen-bond acceptors (Lipinski definition) is 3. The minimum Gasteiger partial charge on any atom is -0.394 e. The maximum atomic E-state index is 11.8. The Morgan fingerprint density at radius 3 is 2.95 bits per heavy atom. The number of aromatic nitrogens is 2. The van der Waals surface area contributed by atoms with Crippen molar-refractivity contribution in [1.29, 1.82) is 0 Å². The molecule has 0 atom stereocenters. The first-order valence-electron chi connectivity index (χ1n) is 6.06. The summed E-state index contributed by atoms with van der Waals surface area (Å²) in [5.74, 6) is 0. The molecule has 7 heteroatoms. The molecule has 106 valence electrons. The van der Waals surface area contributed by atoms with Crippen LogP contribution in [0.15, 0.2) is 30.6 Å². The molecule has 0 bridgehead atoms. The molecular weight excluding hydrogens is 280 g/mol. The summed E-state index contributed by atoms with van der Waals surface area (Å²) < 4.78 is 1.54. The summed E-state index contributed by atoms with van der Waals surface area (Å²) in [6.45, 7) is 2.25. The van der Waals surface area contributed by atoms with E-state index in [4.69, 9.17) is 16.7 Å². The number of aryl methyl sites for hydroxylation is 1. The summed E-state index contributed by atoms with van der Waals surface area (Å²) in [4.78, 5) is 11.8. The molecule has 1 heterocycles. The molecule has 2 rings (SSSR count). The number of aliphatic hydroxyl groups excluding tert-OH is 1. The molecule has 0 radical (unpaired) electrons. The van der Waals surface area contributed by atoms with E-state index in [2.05, 4.69) is 15.7 Å². The molecule has 3 N–H and O–H groups in total. The molecule has 0 aliphatic carbocycles. The highest BCUT2D eigenvalue weighted by atomic mass is 35.5. The lowest BCUT2D eigenvalue weighted by Crippen LogP contribution is -2.19. The van der Waals surface area contributed by atoms with E-state index in [1.807, 2.05) is 6.92 Å². The topological polar surface area (TPSA) is 79.2 Å². The van der Waals surface area contributed by atoms with E-state index in [0.717, 1.165) is 5.56 Å². The predicted octanol–water partition coefficient (Wildman–Crippen LogP) is 2.48. The average molecular weight is 295 g/mol. The van der Waals surface area contributed by atoms with Gasteiger partial charge in [-0.05, 0) is 30.7 Å². The van der Waals surface area contributed by atoms with Gasteiger partial charge in [-0.25, -0.2) is 4.79 Å². The lowest BCUT2D eigenvalue weighted by atomic mass is 10.2. The number of nitrogens with zero attached hydrogens (tertiary/aromatic N) is 2. The van der Waals surface area contributed by atoms with Gasteiger partial charge < -0.3 is 15.7 Å². The van der Waals surface area contributed by atoms with Crippen molar-refractivity contribution in [2.24, 2.45) is 0 Å². The molecular formula is C13H15ClN4O2. The van der Waals surface area contributed by atoms with Gasteiger partial charge in [0.25, 0.3) is 0 Å². The van der Waals surface area contributed by atoms with Crippen LogP contribution in [0, 0.1) is 6.92 Å². The molecule has 0 spiro atoms. The summed E-state index contributed by atoms with van der Waals surface area (Å²) in [7, 11) is 0. The van der Waals surface area contributed by atoms with E-state index in [1.54, 1.807) is 29.1 Å². The Hall–Kier alpha value is -2.05. The third-order valence-electron chi connectivity index (χ3n) is 2.66. The largest absolute Gasteiger partial charge is 0.394 e. The molecule has 0 aliphatic rings. The van der Waals surface area contributed by atoms with Crippen LogP contribution in [0.25, 0.3) is 0 Å². The Morgan fingerprint density at radius 2 is 2.25 bits per heavy atom. The number of hydrogen-bond donors (Lipinski definition) is 3. The van der Waals surface area contributed by atoms with Gasteiger partial charge in [-0.1, -0.05) is 11.6 Å². The van der Waals surface area contributed by atoms with Crippen molar-refractivity contribution in [1.82, 2.24) is 9.78 Å². The number of carbonyl (C=O) groups excluding carboxylic acids is 1. The number of rotatable bonds is 4. The van der Waals surface area contributed by atoms with Gasteiger partial charge in [0.1, 0.15) is 0 Å². The maximum Gasteiger partial charge on any atom is 0.323 e. The third kappa shape index (κ3) is 3.72. The van der Waals surface area contributed by atoms with Gasteiger partial charge in [0.15, 0.2) is 0 Å². The number of anilines is 2. The molecule has 0 saturated carbocycles. The highest BCUT2D eigenvalue weighted by molar-refractivity contribution is 6.30. The lowest BCUT2D eigenvalue weighted by molar-refractivity contribution is 0.262. The zero-order chi connectivity index (χ0) is 14.5. The minimum atomic E-state index is -0.362. The molecule has 6 nitrogen and oxygen atoms in total. The van der Waals surface area contributed by atoms with Gasteiger partial charge >= 0.3 is 6.03 Å². The van der Waals surface area contributed by atoms with E-state index >= 15 is 0 Å². The van der Waals surface area contributed by atoms with Gasteiger partial charge in [0, 0.05) is 16.9 Å². The van der Waals surface area contributed by atoms with Crippen molar-refractivity contribution in [3.63, 3.8) is 0 Å². The van der Waals surface area contributed by atoms with E-state index in [-0.39, 0.29) is 12.6 Å². The zero-order valence-electron chi connectivity index (χ0n) is 10.9. The molecule has 2 aromatic rings. The van der Waals surface area contributed by atoms with Crippen LogP contribution in [0.5, 0.6) is 0 Å². The monoisotopic (exact) mass is 294 g/mol. The smallest absolute Gasteiger partial charge is 0.323 e. The second-order valence-corrected chi connectivity index (χ2v) is 4.69. The predicted molar refractivity (Wildman–Crippen MR) is 78.1 cm³/mol. The number of aliphatic hydroxyl groups is 1. The fourth-order valence-electron chi connectivity index (χ4n) is 1.70. The molecule has 20 heavy (non-hydrogen) atoms. The molecule has 0 unspecified atom stereocenters. The van der Waals surface area contributed by atoms with E-state index in [0.29, 0.717) is 22.9 Å². The Bertz CT molecular complexity index is 612. The summed E-state index contributed by atoms with van der Waals surface area (Å²) >= 11 is 5.86. The quantitative estimate of drug-likeness (QED) is 0.810. The number of amides is 2. The standard InChI is InChI=1S/C13H15ClN4O2/c1-9-6-10(14)2-3-12(9)17-13(20)16-11-7-15-18(8-11)4-5-19/h2-3,6-8,19H,4-5H2,1H3,(H2,16,17,20). The first kappa shape index (κ1) is 14.4. The number of urea groups is 1. The number of nitrogens with one attached hydrogen (secondary N) is 2. The van der Waals surface area contributed by atoms with Crippen molar-refractivity contribution in [3.05, 3.63) is 41.2 Å². The number of benzene rings is 1. The van der Waals surface area contributed by atoms with Crippen LogP contribution in [-0.2, 0) is 6.54 Å². The van der Waals surface area contributed by atoms with Gasteiger partial charge in [-0.3, -0.25) is 4.68 Å². The van der Waals surface area contributed by atoms with Crippen molar-refractivity contribution < 1.29 is 9.90 Å². The van der Waals surface area contributed by atoms with E-state index in [1.165, 1.54) is 6.20 Å². The van der Waals surface area contributed by atoms with Gasteiger partial charge in [0.2, 0.25) is 0 Å². The van der Waals surface area contributed by atoms with Crippen molar-refractivity contribution in [3.8, 4) is 0 Å². The average Bonchev–Trinajstić information content (AvgIpc) is 2.81. The fraction of sp³-hybridized carbons (Fsp3) is 0.231. The fourth-order valence-corrected chi connectivity index (χ4v) is 1.93. The van der Waals surface area contributed by atoms with Crippen LogP contribution >= 0.6 is 11.6 Å². The second-order valence-electron chi connectivity index (χ2n) is 4.25. The van der Waals surface area contributed by atoms with Crippen LogP contribution in [0.1, 0.15) is 5.56 Å². The summed E-state index contributed by atoms with van der Waals surface area (Å²) in [6.07, 6.45) is 3.16. The Morgan fingerprint density at radius 1 is 1.45 bits per heavy atom. The first-order valence-corrected chi connectivity index (χ1v) is 6.44. The van der Waals surface area contributed by atoms with Crippen LogP contribution in [-0.4, -0.2) is 27.5 Å². The summed E-state index contributed by atoms with van der Waals surface area (Å²) in [6, 6.07) is 4.87. The SMILES string of the molecule is Cc1cc(Cl)ccc1NC(=O)Nc1cnn(CCO)c1. The maximum absolute atomic E-state index is 11.8. The third-order valence-corrected chi connectivity index (χ3v) is 2.89. The normalized spacial score (nSPS) is 10.3.